The Kier molecular flexibility index (Phi) is 5.47. The molecule has 0 radical (unpaired) electrons. The number of carbonyl (C=O) groups is 1. The van der Waals surface area contributed by atoms with Crippen molar-refractivity contribution in [2.75, 3.05) is 13.7 Å². The number of pyridine rings is 1. The number of benzene rings is 1. The Morgan fingerprint density at radius 3 is 2.62 bits per heavy atom. The summed E-state index contributed by atoms with van der Waals surface area (Å²) in [6.07, 6.45) is 7.09. The minimum atomic E-state index is 0.0304. The standard InChI is InChI=1S/C20H24N2O2/c1-24-19-18(12-7-14-21-19)20(23)22(17-10-5-6-11-17)15-13-16-8-3-2-4-9-16/h2-4,7-9,12,14,17H,5-6,10-11,13,15H2,1H3. The van der Waals surface area contributed by atoms with Gasteiger partial charge in [0.2, 0.25) is 5.88 Å². The van der Waals surface area contributed by atoms with Gasteiger partial charge in [-0.2, -0.15) is 0 Å². The van der Waals surface area contributed by atoms with Crippen LogP contribution in [0.25, 0.3) is 0 Å². The van der Waals surface area contributed by atoms with Gasteiger partial charge >= 0.3 is 0 Å². The second-order valence-corrected chi connectivity index (χ2v) is 6.23. The fraction of sp³-hybridized carbons (Fsp3) is 0.400. The Morgan fingerprint density at radius 2 is 1.92 bits per heavy atom. The Hall–Kier alpha value is -2.36. The van der Waals surface area contributed by atoms with Gasteiger partial charge in [0.05, 0.1) is 7.11 Å². The first kappa shape index (κ1) is 16.5. The third-order valence-electron chi connectivity index (χ3n) is 4.71. The number of aromatic nitrogens is 1. The van der Waals surface area contributed by atoms with Crippen molar-refractivity contribution in [3.8, 4) is 5.88 Å². The summed E-state index contributed by atoms with van der Waals surface area (Å²) in [4.78, 5) is 19.3. The molecule has 1 aliphatic rings. The largest absolute Gasteiger partial charge is 0.480 e. The molecular weight excluding hydrogens is 300 g/mol. The predicted octanol–water partition coefficient (Wildman–Crippen LogP) is 3.72. The van der Waals surface area contributed by atoms with E-state index in [1.807, 2.05) is 23.1 Å². The molecule has 1 fully saturated rings. The molecule has 0 unspecified atom stereocenters. The minimum absolute atomic E-state index is 0.0304. The molecule has 0 spiro atoms. The molecule has 24 heavy (non-hydrogen) atoms. The van der Waals surface area contributed by atoms with Gasteiger partial charge in [-0.25, -0.2) is 4.98 Å². The highest BCUT2D eigenvalue weighted by molar-refractivity contribution is 5.96. The Morgan fingerprint density at radius 1 is 1.17 bits per heavy atom. The third-order valence-corrected chi connectivity index (χ3v) is 4.71. The van der Waals surface area contributed by atoms with Gasteiger partial charge in [-0.3, -0.25) is 4.79 Å². The van der Waals surface area contributed by atoms with E-state index < -0.39 is 0 Å². The summed E-state index contributed by atoms with van der Waals surface area (Å²) in [5.74, 6) is 0.438. The van der Waals surface area contributed by atoms with Crippen molar-refractivity contribution in [2.24, 2.45) is 0 Å². The highest BCUT2D eigenvalue weighted by Crippen LogP contribution is 2.27. The molecule has 126 valence electrons. The maximum Gasteiger partial charge on any atom is 0.259 e. The smallest absolute Gasteiger partial charge is 0.259 e. The van der Waals surface area contributed by atoms with Crippen molar-refractivity contribution in [3.05, 3.63) is 59.8 Å². The van der Waals surface area contributed by atoms with E-state index in [9.17, 15) is 4.79 Å². The number of carbonyl (C=O) groups excluding carboxylic acids is 1. The van der Waals surface area contributed by atoms with Crippen molar-refractivity contribution in [3.63, 3.8) is 0 Å². The van der Waals surface area contributed by atoms with Crippen molar-refractivity contribution < 1.29 is 9.53 Å². The number of amides is 1. The quantitative estimate of drug-likeness (QED) is 0.813. The predicted molar refractivity (Wildman–Crippen MR) is 94.2 cm³/mol. The van der Waals surface area contributed by atoms with E-state index >= 15 is 0 Å². The molecule has 1 saturated carbocycles. The average Bonchev–Trinajstić information content (AvgIpc) is 3.17. The molecule has 1 amide bonds. The molecule has 2 aromatic rings. The Bertz CT molecular complexity index is 666. The van der Waals surface area contributed by atoms with Gasteiger partial charge in [0.25, 0.3) is 5.91 Å². The van der Waals surface area contributed by atoms with Gasteiger partial charge in [0, 0.05) is 18.8 Å². The van der Waals surface area contributed by atoms with Crippen LogP contribution in [-0.2, 0) is 6.42 Å². The van der Waals surface area contributed by atoms with Crippen LogP contribution in [0.15, 0.2) is 48.7 Å². The van der Waals surface area contributed by atoms with Crippen LogP contribution < -0.4 is 4.74 Å². The van der Waals surface area contributed by atoms with Gasteiger partial charge in [-0.05, 0) is 37.0 Å². The maximum atomic E-state index is 13.1. The van der Waals surface area contributed by atoms with Crippen LogP contribution in [0.3, 0.4) is 0 Å². The molecule has 3 rings (SSSR count). The maximum absolute atomic E-state index is 13.1. The highest BCUT2D eigenvalue weighted by atomic mass is 16.5. The number of rotatable bonds is 6. The summed E-state index contributed by atoms with van der Waals surface area (Å²) in [5, 5.41) is 0. The van der Waals surface area contributed by atoms with Crippen molar-refractivity contribution in [1.29, 1.82) is 0 Å². The number of hydrogen-bond acceptors (Lipinski definition) is 3. The van der Waals surface area contributed by atoms with E-state index in [-0.39, 0.29) is 5.91 Å². The molecule has 1 aromatic carbocycles. The first-order valence-electron chi connectivity index (χ1n) is 8.63. The Balaban J connectivity index is 1.80. The van der Waals surface area contributed by atoms with Crippen molar-refractivity contribution in [1.82, 2.24) is 9.88 Å². The summed E-state index contributed by atoms with van der Waals surface area (Å²) >= 11 is 0. The second-order valence-electron chi connectivity index (χ2n) is 6.23. The summed E-state index contributed by atoms with van der Waals surface area (Å²) < 4.78 is 5.28. The van der Waals surface area contributed by atoms with Gasteiger partial charge in [-0.15, -0.1) is 0 Å². The van der Waals surface area contributed by atoms with Crippen molar-refractivity contribution in [2.45, 2.75) is 38.1 Å². The Labute approximate surface area is 143 Å². The molecule has 1 aliphatic carbocycles. The molecule has 1 aromatic heterocycles. The fourth-order valence-electron chi connectivity index (χ4n) is 3.43. The van der Waals surface area contributed by atoms with Crippen LogP contribution >= 0.6 is 0 Å². The number of hydrogen-bond donors (Lipinski definition) is 0. The van der Waals surface area contributed by atoms with Gasteiger partial charge in [0.1, 0.15) is 5.56 Å². The first-order valence-corrected chi connectivity index (χ1v) is 8.63. The average molecular weight is 324 g/mol. The zero-order valence-corrected chi connectivity index (χ0v) is 14.1. The normalized spacial score (nSPS) is 14.5. The minimum Gasteiger partial charge on any atom is -0.480 e. The summed E-state index contributed by atoms with van der Waals surface area (Å²) in [6, 6.07) is 14.3. The lowest BCUT2D eigenvalue weighted by atomic mass is 10.1. The van der Waals surface area contributed by atoms with Crippen LogP contribution in [0.2, 0.25) is 0 Å². The van der Waals surface area contributed by atoms with E-state index in [4.69, 9.17) is 4.74 Å². The molecular formula is C20H24N2O2. The van der Waals surface area contributed by atoms with E-state index in [0.29, 0.717) is 17.5 Å². The van der Waals surface area contributed by atoms with Crippen LogP contribution in [0.5, 0.6) is 5.88 Å². The fourth-order valence-corrected chi connectivity index (χ4v) is 3.43. The lowest BCUT2D eigenvalue weighted by Crippen LogP contribution is -2.40. The highest BCUT2D eigenvalue weighted by Gasteiger charge is 2.29. The molecule has 0 N–H and O–H groups in total. The van der Waals surface area contributed by atoms with Crippen LogP contribution in [0, 0.1) is 0 Å². The first-order chi connectivity index (χ1) is 11.8. The lowest BCUT2D eigenvalue weighted by molar-refractivity contribution is 0.0679. The second kappa shape index (κ2) is 7.95. The zero-order chi connectivity index (χ0) is 16.8. The third kappa shape index (κ3) is 3.75. The topological polar surface area (TPSA) is 42.4 Å². The number of nitrogens with zero attached hydrogens (tertiary/aromatic N) is 2. The SMILES string of the molecule is COc1ncccc1C(=O)N(CCc1ccccc1)C1CCCC1. The zero-order valence-electron chi connectivity index (χ0n) is 14.1. The monoisotopic (exact) mass is 324 g/mol. The van der Waals surface area contributed by atoms with E-state index in [2.05, 4.69) is 17.1 Å². The van der Waals surface area contributed by atoms with Crippen molar-refractivity contribution >= 4 is 5.91 Å². The van der Waals surface area contributed by atoms with E-state index in [1.165, 1.54) is 18.4 Å². The van der Waals surface area contributed by atoms with Crippen LogP contribution in [0.4, 0.5) is 0 Å². The molecule has 0 aliphatic heterocycles. The van der Waals surface area contributed by atoms with E-state index in [1.54, 1.807) is 25.4 Å². The molecule has 0 saturated heterocycles. The number of methoxy groups -OCH3 is 1. The molecule has 1 heterocycles. The van der Waals surface area contributed by atoms with E-state index in [0.717, 1.165) is 25.8 Å². The molecule has 0 bridgehead atoms. The summed E-state index contributed by atoms with van der Waals surface area (Å²) in [6.45, 7) is 0.728. The van der Waals surface area contributed by atoms with Gasteiger partial charge in [0.15, 0.2) is 0 Å². The lowest BCUT2D eigenvalue weighted by Gasteiger charge is -2.29. The number of ether oxygens (including phenoxy) is 1. The summed E-state index contributed by atoms with van der Waals surface area (Å²) in [5.41, 5.74) is 1.81. The summed E-state index contributed by atoms with van der Waals surface area (Å²) in [7, 11) is 1.56. The molecule has 4 heteroatoms. The van der Waals surface area contributed by atoms with Gasteiger partial charge in [-0.1, -0.05) is 43.2 Å². The van der Waals surface area contributed by atoms with Crippen LogP contribution in [-0.4, -0.2) is 35.5 Å². The molecule has 0 atom stereocenters. The van der Waals surface area contributed by atoms with Gasteiger partial charge < -0.3 is 9.64 Å². The molecule has 4 nitrogen and oxygen atoms in total. The van der Waals surface area contributed by atoms with Crippen LogP contribution in [0.1, 0.15) is 41.6 Å².